The van der Waals surface area contributed by atoms with Crippen LogP contribution in [0.15, 0.2) is 145 Å². The monoisotopic (exact) mass is 1360 g/mol. The number of benzene rings is 4. The third-order valence-corrected chi connectivity index (χ3v) is 20.7. The van der Waals surface area contributed by atoms with Gasteiger partial charge >= 0.3 is 24.0 Å². The van der Waals surface area contributed by atoms with E-state index in [4.69, 9.17) is 55.8 Å². The highest BCUT2D eigenvalue weighted by Crippen LogP contribution is 2.51. The van der Waals surface area contributed by atoms with Crippen LogP contribution < -0.4 is 20.4 Å². The molecule has 0 spiro atoms. The average Bonchev–Trinajstić information content (AvgIpc) is 1.26. The van der Waals surface area contributed by atoms with E-state index in [-0.39, 0.29) is 41.8 Å². The first-order chi connectivity index (χ1) is 44.1. The van der Waals surface area contributed by atoms with Gasteiger partial charge in [0.2, 0.25) is 0 Å². The lowest BCUT2D eigenvalue weighted by atomic mass is 9.95. The van der Waals surface area contributed by atoms with Crippen LogP contribution in [0.25, 0.3) is 9.69 Å². The highest BCUT2D eigenvalue weighted by Gasteiger charge is 2.54. The van der Waals surface area contributed by atoms with Crippen molar-refractivity contribution in [1.82, 2.24) is 40.2 Å². The molecule has 20 nitrogen and oxygen atoms in total. The standard InChI is InChI=1S/C33H31BrFN7O3S.C32H29Cl2N7O3S/c1-3-45-31(43)27-26(38-29(30-37-12-15-46-30)39-28(27)24-9-6-21(35)16-25(24)34)19-40-13-14-41-23(17-40)18-42(32(41)44)22-7-4-20(5-8-22)33(36-2)10-11-33;1-35-32(9-10-32)19-3-6-21(7-4-19)41-17-22-16-39(12-13-40(22)31(41)43)18-25-26(30(42)44-2)27(23-8-5-20(33)15-24(23)34)38-28(37-25)29-36-11-14-45-29/h4-9,12,15-16,23,28H,3,10-11,13-14,17-19H2,1H3,(H,38,39);3-8,11,14-15,22,27H,9-10,12-13,16-18H2,2H3,(H,37,38)/t23-,28-;22-,27-/m00/s1. The largest absolute Gasteiger partial charge is 0.466 e. The Morgan fingerprint density at radius 3 is 1.59 bits per heavy atom. The third-order valence-electron chi connectivity index (χ3n) is 17.9. The fourth-order valence-electron chi connectivity index (χ4n) is 12.8. The average molecular weight is 1370 g/mol. The Bertz CT molecular complexity index is 4080. The number of urea groups is 2. The number of nitrogens with one attached hydrogen (secondary N) is 2. The Labute approximate surface area is 551 Å². The number of ether oxygens (including phenoxy) is 2. The summed E-state index contributed by atoms with van der Waals surface area (Å²) in [5.74, 6) is -0.344. The molecule has 466 valence electrons. The number of aliphatic imine (C=N–C) groups is 2. The molecule has 6 aliphatic heterocycles. The lowest BCUT2D eigenvalue weighted by Gasteiger charge is -2.38. The van der Waals surface area contributed by atoms with Crippen LogP contribution in [0.2, 0.25) is 10.0 Å². The van der Waals surface area contributed by atoms with Gasteiger partial charge in [0.25, 0.3) is 11.1 Å². The number of aromatic nitrogens is 2. The number of anilines is 2. The third kappa shape index (κ3) is 12.2. The van der Waals surface area contributed by atoms with E-state index >= 15 is 0 Å². The lowest BCUT2D eigenvalue weighted by Crippen LogP contribution is -2.53. The molecule has 4 aromatic carbocycles. The molecule has 0 unspecified atom stereocenters. The van der Waals surface area contributed by atoms with Crippen molar-refractivity contribution in [2.45, 2.75) is 67.9 Å². The summed E-state index contributed by atoms with van der Waals surface area (Å²) in [6.07, 6.45) is 6.94. The summed E-state index contributed by atoms with van der Waals surface area (Å²) >= 11 is 19.2. The maximum atomic E-state index is 14.1. The van der Waals surface area contributed by atoms with Crippen LogP contribution in [0.3, 0.4) is 0 Å². The number of carbonyl (C=O) groups excluding carboxylic acids is 4. The van der Waals surface area contributed by atoms with E-state index in [1.807, 2.05) is 78.9 Å². The van der Waals surface area contributed by atoms with Crippen LogP contribution in [0.1, 0.15) is 77.0 Å². The van der Waals surface area contributed by atoms with Crippen LogP contribution >= 0.6 is 61.8 Å². The first-order valence-electron chi connectivity index (χ1n) is 29.8. The number of hydrogen-bond acceptors (Lipinski definition) is 16. The Kier molecular flexibility index (Phi) is 17.3. The minimum absolute atomic E-state index is 0.0143. The maximum absolute atomic E-state index is 14.1. The molecule has 6 fully saturated rings. The number of nitrogens with zero attached hydrogens (tertiary/aromatic N) is 12. The fourth-order valence-corrected chi connectivity index (χ4v) is 15.1. The van der Waals surface area contributed by atoms with E-state index in [9.17, 15) is 23.6 Å². The van der Waals surface area contributed by atoms with Crippen LogP contribution in [0, 0.1) is 19.0 Å². The zero-order chi connectivity index (χ0) is 63.3. The minimum Gasteiger partial charge on any atom is -0.466 e. The normalized spacial score (nSPS) is 22.3. The number of carbonyl (C=O) groups is 4. The summed E-state index contributed by atoms with van der Waals surface area (Å²) in [4.78, 5) is 92.1. The van der Waals surface area contributed by atoms with Gasteiger partial charge in [-0.2, -0.15) is 0 Å². The Morgan fingerprint density at radius 1 is 0.681 bits per heavy atom. The molecule has 91 heavy (non-hydrogen) atoms. The van der Waals surface area contributed by atoms with Crippen molar-refractivity contribution >= 4 is 109 Å². The molecule has 4 atom stereocenters. The Morgan fingerprint density at radius 2 is 1.16 bits per heavy atom. The first kappa shape index (κ1) is 61.8. The minimum atomic E-state index is -0.755. The maximum Gasteiger partial charge on any atom is 0.338 e. The molecule has 2 N–H and O–H groups in total. The van der Waals surface area contributed by atoms with E-state index in [1.165, 1.54) is 41.9 Å². The lowest BCUT2D eigenvalue weighted by molar-refractivity contribution is -0.139. The smallest absolute Gasteiger partial charge is 0.338 e. The highest BCUT2D eigenvalue weighted by molar-refractivity contribution is 9.10. The number of thiazole rings is 2. The summed E-state index contributed by atoms with van der Waals surface area (Å²) in [6, 6.07) is 23.6. The van der Waals surface area contributed by atoms with Crippen molar-refractivity contribution in [3.63, 3.8) is 0 Å². The van der Waals surface area contributed by atoms with Crippen molar-refractivity contribution in [3.8, 4) is 0 Å². The predicted octanol–water partition coefficient (Wildman–Crippen LogP) is 11.0. The van der Waals surface area contributed by atoms with Gasteiger partial charge in [-0.1, -0.05) is 51.3 Å². The van der Waals surface area contributed by atoms with Gasteiger partial charge < -0.3 is 39.6 Å². The second-order valence-corrected chi connectivity index (χ2v) is 26.8. The second kappa shape index (κ2) is 25.5. The molecule has 0 bridgehead atoms. The molecule has 8 heterocycles. The first-order valence-corrected chi connectivity index (χ1v) is 33.1. The van der Waals surface area contributed by atoms with Gasteiger partial charge in [0.05, 0.1) is 36.9 Å². The SMILES string of the molecule is [C-]#[N+]C1(c2ccc(N3C[C@@H]4CN(CC5=C(C(=O)OC)[C@H](c6ccc(Cl)cc6Cl)N=C(c6nccs6)N5)CCN4C3=O)cc2)CC1.[C-]#[N+]C1(c2ccc(N3C[C@@H]4CN(CC5=C(C(=O)OCC)[C@H](c6ccc(F)cc6Br)N=C(c6nccs6)N5)CCN4C3=O)cc2)CC1. The van der Waals surface area contributed by atoms with E-state index in [0.29, 0.717) is 135 Å². The number of hydrogen-bond donors (Lipinski definition) is 2. The number of halogens is 4. The number of piperazine rings is 2. The molecule has 8 aliphatic rings. The van der Waals surface area contributed by atoms with Crippen molar-refractivity contribution in [3.05, 3.63) is 206 Å². The van der Waals surface area contributed by atoms with Gasteiger partial charge in [-0.25, -0.2) is 46.7 Å². The van der Waals surface area contributed by atoms with E-state index in [0.717, 1.165) is 48.2 Å². The van der Waals surface area contributed by atoms with Crippen LogP contribution in [-0.2, 0) is 30.1 Å². The molecule has 2 saturated carbocycles. The summed E-state index contributed by atoms with van der Waals surface area (Å²) in [6.45, 7) is 22.5. The number of fused-ring (bicyclic) bond motifs is 2. The molecule has 4 amide bonds. The van der Waals surface area contributed by atoms with Gasteiger partial charge in [0, 0.05) is 168 Å². The number of amides is 4. The zero-order valence-corrected chi connectivity index (χ0v) is 54.2. The van der Waals surface area contributed by atoms with Crippen molar-refractivity contribution < 1.29 is 33.0 Å². The molecule has 26 heteroatoms. The van der Waals surface area contributed by atoms with Gasteiger partial charge in [0.15, 0.2) is 21.7 Å². The van der Waals surface area contributed by atoms with Crippen molar-refractivity contribution in [2.24, 2.45) is 9.98 Å². The van der Waals surface area contributed by atoms with Gasteiger partial charge in [-0.3, -0.25) is 29.6 Å². The number of methoxy groups -OCH3 is 1. The highest BCUT2D eigenvalue weighted by atomic mass is 79.9. The number of esters is 2. The Hall–Kier alpha value is -8.07. The van der Waals surface area contributed by atoms with Crippen LogP contribution in [0.5, 0.6) is 0 Å². The van der Waals surface area contributed by atoms with E-state index in [2.05, 4.69) is 56.0 Å². The molecule has 2 aromatic heterocycles. The Balaban J connectivity index is 0.000000167. The van der Waals surface area contributed by atoms with E-state index < -0.39 is 29.8 Å². The molecule has 0 radical (unpaired) electrons. The molecule has 2 aliphatic carbocycles. The molecule has 6 aromatic rings. The summed E-state index contributed by atoms with van der Waals surface area (Å²) in [7, 11) is 1.35. The van der Waals surface area contributed by atoms with Crippen LogP contribution in [0.4, 0.5) is 25.4 Å². The number of rotatable bonds is 15. The topological polar surface area (TPSA) is 189 Å². The molecule has 4 saturated heterocycles. The molecular weight excluding hydrogens is 1310 g/mol. The van der Waals surface area contributed by atoms with E-state index in [1.54, 1.807) is 43.6 Å². The summed E-state index contributed by atoms with van der Waals surface area (Å²) in [5.41, 5.74) is 6.21. The zero-order valence-electron chi connectivity index (χ0n) is 49.5. The fraction of sp³-hybridized carbons (Fsp3) is 0.354. The van der Waals surface area contributed by atoms with Crippen LogP contribution in [-0.4, -0.2) is 156 Å². The van der Waals surface area contributed by atoms with Crippen molar-refractivity contribution in [1.29, 1.82) is 0 Å². The molecular formula is C65H60BrCl2FN14O6S2. The number of amidine groups is 2. The summed E-state index contributed by atoms with van der Waals surface area (Å²) < 4.78 is 25.4. The quantitative estimate of drug-likeness (QED) is 0.0732. The van der Waals surface area contributed by atoms with Gasteiger partial charge in [-0.05, 0) is 85.3 Å². The van der Waals surface area contributed by atoms with Gasteiger partial charge in [0.1, 0.15) is 17.9 Å². The molecule has 14 rings (SSSR count). The predicted molar refractivity (Wildman–Crippen MR) is 350 cm³/mol. The summed E-state index contributed by atoms with van der Waals surface area (Å²) in [5, 5.41) is 12.7. The van der Waals surface area contributed by atoms with Gasteiger partial charge in [-0.15, -0.1) is 22.7 Å². The second-order valence-electron chi connectivity index (χ2n) is 23.3. The van der Waals surface area contributed by atoms with Crippen molar-refractivity contribution in [2.75, 3.05) is 89.0 Å².